The molecule has 94 valence electrons. The summed E-state index contributed by atoms with van der Waals surface area (Å²) >= 11 is 0. The van der Waals surface area contributed by atoms with E-state index >= 15 is 0 Å². The second-order valence-electron chi connectivity index (χ2n) is 4.89. The van der Waals surface area contributed by atoms with Crippen LogP contribution in [0, 0.1) is 5.92 Å². The molecule has 0 saturated carbocycles. The van der Waals surface area contributed by atoms with Crippen molar-refractivity contribution >= 4 is 5.91 Å². The standard InChI is InChI=1S/C12H24N2O2/c1-4-10(8(2)3)14-7-9-5-6-11(16-9)12(13)15/h8-11,14H,4-7H2,1-3H3,(H2,13,15). The van der Waals surface area contributed by atoms with E-state index in [4.69, 9.17) is 10.5 Å². The highest BCUT2D eigenvalue weighted by atomic mass is 16.5. The highest BCUT2D eigenvalue weighted by Gasteiger charge is 2.29. The zero-order valence-corrected chi connectivity index (χ0v) is 10.5. The molecule has 0 radical (unpaired) electrons. The number of hydrogen-bond acceptors (Lipinski definition) is 3. The van der Waals surface area contributed by atoms with Crippen LogP contribution in [0.3, 0.4) is 0 Å². The van der Waals surface area contributed by atoms with Crippen LogP contribution in [0.25, 0.3) is 0 Å². The van der Waals surface area contributed by atoms with Crippen molar-refractivity contribution in [2.45, 2.75) is 58.3 Å². The molecule has 3 N–H and O–H groups in total. The summed E-state index contributed by atoms with van der Waals surface area (Å²) in [5.41, 5.74) is 5.21. The van der Waals surface area contributed by atoms with Crippen molar-refractivity contribution in [3.05, 3.63) is 0 Å². The first-order valence-corrected chi connectivity index (χ1v) is 6.22. The first kappa shape index (κ1) is 13.5. The lowest BCUT2D eigenvalue weighted by atomic mass is 10.0. The van der Waals surface area contributed by atoms with Crippen molar-refractivity contribution in [3.8, 4) is 0 Å². The van der Waals surface area contributed by atoms with Crippen molar-refractivity contribution in [2.75, 3.05) is 6.54 Å². The van der Waals surface area contributed by atoms with E-state index in [1.807, 2.05) is 0 Å². The Morgan fingerprint density at radius 1 is 1.50 bits per heavy atom. The molecule has 1 aliphatic rings. The van der Waals surface area contributed by atoms with E-state index in [9.17, 15) is 4.79 Å². The Morgan fingerprint density at radius 2 is 2.19 bits per heavy atom. The van der Waals surface area contributed by atoms with Gasteiger partial charge in [-0.2, -0.15) is 0 Å². The van der Waals surface area contributed by atoms with Gasteiger partial charge in [-0.1, -0.05) is 20.8 Å². The lowest BCUT2D eigenvalue weighted by Gasteiger charge is -2.22. The Hall–Kier alpha value is -0.610. The monoisotopic (exact) mass is 228 g/mol. The number of nitrogens with two attached hydrogens (primary N) is 1. The molecule has 1 rings (SSSR count). The molecule has 1 saturated heterocycles. The predicted octanol–water partition coefficient (Wildman–Crippen LogP) is 1.04. The van der Waals surface area contributed by atoms with Crippen LogP contribution in [0.1, 0.15) is 40.0 Å². The molecule has 0 spiro atoms. The minimum absolute atomic E-state index is 0.144. The number of primary amides is 1. The van der Waals surface area contributed by atoms with Crippen molar-refractivity contribution < 1.29 is 9.53 Å². The topological polar surface area (TPSA) is 64.3 Å². The molecule has 0 aromatic heterocycles. The van der Waals surface area contributed by atoms with E-state index in [1.54, 1.807) is 0 Å². The SMILES string of the molecule is CCC(NCC1CCC(C(N)=O)O1)C(C)C. The highest BCUT2D eigenvalue weighted by molar-refractivity contribution is 5.79. The number of rotatable bonds is 6. The maximum atomic E-state index is 10.9. The van der Waals surface area contributed by atoms with Crippen molar-refractivity contribution in [2.24, 2.45) is 11.7 Å². The van der Waals surface area contributed by atoms with Crippen molar-refractivity contribution in [3.63, 3.8) is 0 Å². The average molecular weight is 228 g/mol. The minimum Gasteiger partial charge on any atom is -0.367 e. The van der Waals surface area contributed by atoms with Gasteiger partial charge in [-0.25, -0.2) is 0 Å². The van der Waals surface area contributed by atoms with Crippen LogP contribution in [0.2, 0.25) is 0 Å². The molecule has 1 heterocycles. The van der Waals surface area contributed by atoms with Crippen LogP contribution in [-0.2, 0) is 9.53 Å². The van der Waals surface area contributed by atoms with Gasteiger partial charge in [0.05, 0.1) is 6.10 Å². The average Bonchev–Trinajstić information content (AvgIpc) is 2.67. The molecule has 1 amide bonds. The number of carbonyl (C=O) groups is 1. The third-order valence-corrected chi connectivity index (χ3v) is 3.28. The number of hydrogen-bond donors (Lipinski definition) is 2. The van der Waals surface area contributed by atoms with Crippen LogP contribution in [0.5, 0.6) is 0 Å². The fourth-order valence-corrected chi connectivity index (χ4v) is 2.20. The summed E-state index contributed by atoms with van der Waals surface area (Å²) in [5.74, 6) is 0.289. The van der Waals surface area contributed by atoms with Gasteiger partial charge in [0.15, 0.2) is 0 Å². The first-order chi connectivity index (χ1) is 7.54. The van der Waals surface area contributed by atoms with E-state index in [0.717, 1.165) is 25.8 Å². The molecule has 0 aromatic rings. The summed E-state index contributed by atoms with van der Waals surface area (Å²) in [6, 6.07) is 0.524. The Kier molecular flexibility index (Phi) is 5.22. The fourth-order valence-electron chi connectivity index (χ4n) is 2.20. The zero-order chi connectivity index (χ0) is 12.1. The summed E-state index contributed by atoms with van der Waals surface area (Å²) < 4.78 is 5.56. The lowest BCUT2D eigenvalue weighted by Crippen LogP contribution is -2.39. The van der Waals surface area contributed by atoms with Gasteiger partial charge in [0.2, 0.25) is 5.91 Å². The summed E-state index contributed by atoms with van der Waals surface area (Å²) in [6.45, 7) is 7.42. The maximum absolute atomic E-state index is 10.9. The molecule has 0 aliphatic carbocycles. The molecule has 1 aliphatic heterocycles. The third-order valence-electron chi connectivity index (χ3n) is 3.28. The van der Waals surface area contributed by atoms with Gasteiger partial charge in [0.25, 0.3) is 0 Å². The second kappa shape index (κ2) is 6.21. The summed E-state index contributed by atoms with van der Waals surface area (Å²) in [5, 5.41) is 3.49. The van der Waals surface area contributed by atoms with Gasteiger partial charge in [-0.15, -0.1) is 0 Å². The molecular weight excluding hydrogens is 204 g/mol. The zero-order valence-electron chi connectivity index (χ0n) is 10.5. The third kappa shape index (κ3) is 3.76. The normalized spacial score (nSPS) is 27.2. The number of nitrogens with one attached hydrogen (secondary N) is 1. The van der Waals surface area contributed by atoms with Gasteiger partial charge in [0, 0.05) is 12.6 Å². The van der Waals surface area contributed by atoms with Crippen LogP contribution >= 0.6 is 0 Å². The molecular formula is C12H24N2O2. The van der Waals surface area contributed by atoms with Gasteiger partial charge in [-0.05, 0) is 25.2 Å². The largest absolute Gasteiger partial charge is 0.367 e. The van der Waals surface area contributed by atoms with Gasteiger partial charge >= 0.3 is 0 Å². The number of carbonyl (C=O) groups excluding carboxylic acids is 1. The molecule has 0 bridgehead atoms. The molecule has 3 unspecified atom stereocenters. The fraction of sp³-hybridized carbons (Fsp3) is 0.917. The smallest absolute Gasteiger partial charge is 0.246 e. The predicted molar refractivity (Wildman–Crippen MR) is 64.0 cm³/mol. The summed E-state index contributed by atoms with van der Waals surface area (Å²) in [7, 11) is 0. The molecule has 0 aromatic carbocycles. The van der Waals surface area contributed by atoms with E-state index in [2.05, 4.69) is 26.1 Å². The maximum Gasteiger partial charge on any atom is 0.246 e. The van der Waals surface area contributed by atoms with Gasteiger partial charge < -0.3 is 15.8 Å². The van der Waals surface area contributed by atoms with E-state index in [0.29, 0.717) is 12.0 Å². The van der Waals surface area contributed by atoms with Crippen LogP contribution in [0.4, 0.5) is 0 Å². The van der Waals surface area contributed by atoms with Crippen LogP contribution in [-0.4, -0.2) is 30.7 Å². The second-order valence-corrected chi connectivity index (χ2v) is 4.89. The van der Waals surface area contributed by atoms with Gasteiger partial charge in [-0.3, -0.25) is 4.79 Å². The Balaban J connectivity index is 2.26. The minimum atomic E-state index is -0.370. The van der Waals surface area contributed by atoms with Gasteiger partial charge in [0.1, 0.15) is 6.10 Å². The number of amides is 1. The van der Waals surface area contributed by atoms with E-state index in [-0.39, 0.29) is 18.1 Å². The molecule has 3 atom stereocenters. The quantitative estimate of drug-likeness (QED) is 0.714. The molecule has 1 fully saturated rings. The van der Waals surface area contributed by atoms with Crippen molar-refractivity contribution in [1.82, 2.24) is 5.32 Å². The Morgan fingerprint density at radius 3 is 2.62 bits per heavy atom. The summed E-state index contributed by atoms with van der Waals surface area (Å²) in [6.07, 6.45) is 2.58. The van der Waals surface area contributed by atoms with Crippen molar-refractivity contribution in [1.29, 1.82) is 0 Å². The van der Waals surface area contributed by atoms with E-state index < -0.39 is 0 Å². The Labute approximate surface area is 97.9 Å². The molecule has 4 heteroatoms. The van der Waals surface area contributed by atoms with E-state index in [1.165, 1.54) is 0 Å². The first-order valence-electron chi connectivity index (χ1n) is 6.22. The Bertz CT molecular complexity index is 231. The number of ether oxygens (including phenoxy) is 1. The highest BCUT2D eigenvalue weighted by Crippen LogP contribution is 2.19. The van der Waals surface area contributed by atoms with Crippen LogP contribution < -0.4 is 11.1 Å². The lowest BCUT2D eigenvalue weighted by molar-refractivity contribution is -0.128. The molecule has 4 nitrogen and oxygen atoms in total. The summed E-state index contributed by atoms with van der Waals surface area (Å²) in [4.78, 5) is 10.9. The van der Waals surface area contributed by atoms with Crippen LogP contribution in [0.15, 0.2) is 0 Å². The molecule has 16 heavy (non-hydrogen) atoms.